The van der Waals surface area contributed by atoms with Gasteiger partial charge in [0.05, 0.1) is 0 Å². The average molecular weight is 430 g/mol. The zero-order valence-corrected chi connectivity index (χ0v) is 17.1. The van der Waals surface area contributed by atoms with Crippen molar-refractivity contribution in [2.45, 2.75) is 12.5 Å². The van der Waals surface area contributed by atoms with Crippen LogP contribution in [0, 0.1) is 0 Å². The Morgan fingerprint density at radius 3 is 2.79 bits per heavy atom. The lowest BCUT2D eigenvalue weighted by Gasteiger charge is -2.13. The SMILES string of the molecule is NC(CNc1nnc(-c2ccc3cnccc3c2)s1)Cc1ccc(Cl)cc1Cl. The molecular weight excluding hydrogens is 413 g/mol. The van der Waals surface area contributed by atoms with Crippen LogP contribution in [0.2, 0.25) is 10.0 Å². The van der Waals surface area contributed by atoms with Crippen LogP contribution in [0.3, 0.4) is 0 Å². The van der Waals surface area contributed by atoms with Gasteiger partial charge in [-0.3, -0.25) is 4.98 Å². The molecule has 0 amide bonds. The molecule has 4 aromatic rings. The summed E-state index contributed by atoms with van der Waals surface area (Å²) in [7, 11) is 0. The molecule has 0 aliphatic rings. The molecule has 1 atom stereocenters. The Hall–Kier alpha value is -2.25. The molecule has 4 rings (SSSR count). The third kappa shape index (κ3) is 4.42. The summed E-state index contributed by atoms with van der Waals surface area (Å²) in [6.45, 7) is 0.566. The summed E-state index contributed by atoms with van der Waals surface area (Å²) in [5, 5.41) is 16.9. The van der Waals surface area contributed by atoms with Gasteiger partial charge in [-0.1, -0.05) is 52.7 Å². The first-order valence-electron chi connectivity index (χ1n) is 8.69. The fourth-order valence-electron chi connectivity index (χ4n) is 2.89. The molecule has 0 spiro atoms. The Morgan fingerprint density at radius 1 is 1.04 bits per heavy atom. The van der Waals surface area contributed by atoms with E-state index in [1.165, 1.54) is 11.3 Å². The van der Waals surface area contributed by atoms with Crippen molar-refractivity contribution < 1.29 is 0 Å². The number of benzene rings is 2. The van der Waals surface area contributed by atoms with Crippen molar-refractivity contribution in [2.75, 3.05) is 11.9 Å². The predicted octanol–water partition coefficient (Wildman–Crippen LogP) is 5.04. The summed E-state index contributed by atoms with van der Waals surface area (Å²) >= 11 is 13.7. The van der Waals surface area contributed by atoms with E-state index in [9.17, 15) is 0 Å². The number of rotatable bonds is 6. The molecule has 0 fully saturated rings. The van der Waals surface area contributed by atoms with Gasteiger partial charge in [-0.05, 0) is 41.6 Å². The van der Waals surface area contributed by atoms with Crippen LogP contribution in [0.5, 0.6) is 0 Å². The lowest BCUT2D eigenvalue weighted by Crippen LogP contribution is -2.31. The van der Waals surface area contributed by atoms with Gasteiger partial charge in [0.1, 0.15) is 5.01 Å². The van der Waals surface area contributed by atoms with Crippen LogP contribution in [0.25, 0.3) is 21.3 Å². The fourth-order valence-corrected chi connectivity index (χ4v) is 4.12. The van der Waals surface area contributed by atoms with Crippen LogP contribution in [-0.2, 0) is 6.42 Å². The van der Waals surface area contributed by atoms with Gasteiger partial charge < -0.3 is 11.1 Å². The molecule has 1 unspecified atom stereocenters. The summed E-state index contributed by atoms with van der Waals surface area (Å²) in [5.41, 5.74) is 8.24. The molecule has 142 valence electrons. The molecule has 8 heteroatoms. The molecule has 0 saturated carbocycles. The zero-order chi connectivity index (χ0) is 19.5. The number of anilines is 1. The van der Waals surface area contributed by atoms with Gasteiger partial charge in [0.15, 0.2) is 0 Å². The Kier molecular flexibility index (Phi) is 5.73. The molecule has 2 heterocycles. The molecular formula is C20H17Cl2N5S. The summed E-state index contributed by atoms with van der Waals surface area (Å²) in [4.78, 5) is 4.14. The second-order valence-corrected chi connectivity index (χ2v) is 8.25. The third-order valence-corrected chi connectivity index (χ3v) is 5.84. The molecule has 2 aromatic heterocycles. The minimum Gasteiger partial charge on any atom is -0.359 e. The van der Waals surface area contributed by atoms with Crippen LogP contribution >= 0.6 is 34.5 Å². The van der Waals surface area contributed by atoms with Crippen molar-refractivity contribution in [1.82, 2.24) is 15.2 Å². The van der Waals surface area contributed by atoms with Crippen LogP contribution in [0.1, 0.15) is 5.56 Å². The number of hydrogen-bond acceptors (Lipinski definition) is 6. The second kappa shape index (κ2) is 8.41. The Morgan fingerprint density at radius 2 is 1.93 bits per heavy atom. The van der Waals surface area contributed by atoms with Crippen molar-refractivity contribution >= 4 is 50.4 Å². The topological polar surface area (TPSA) is 76.7 Å². The summed E-state index contributed by atoms with van der Waals surface area (Å²) in [6, 6.07) is 13.5. The number of nitrogens with two attached hydrogens (primary N) is 1. The summed E-state index contributed by atoms with van der Waals surface area (Å²) in [6.07, 6.45) is 4.28. The Labute approximate surface area is 176 Å². The van der Waals surface area contributed by atoms with Crippen molar-refractivity contribution in [3.8, 4) is 10.6 Å². The molecule has 0 bridgehead atoms. The third-order valence-electron chi connectivity index (χ3n) is 4.33. The molecule has 5 nitrogen and oxygen atoms in total. The van der Waals surface area contributed by atoms with E-state index in [0.717, 1.165) is 32.0 Å². The van der Waals surface area contributed by atoms with Crippen molar-refractivity contribution in [2.24, 2.45) is 5.73 Å². The fraction of sp³-hybridized carbons (Fsp3) is 0.150. The quantitative estimate of drug-likeness (QED) is 0.448. The highest BCUT2D eigenvalue weighted by Gasteiger charge is 2.11. The van der Waals surface area contributed by atoms with E-state index in [4.69, 9.17) is 28.9 Å². The largest absolute Gasteiger partial charge is 0.359 e. The van der Waals surface area contributed by atoms with Gasteiger partial charge in [0.2, 0.25) is 5.13 Å². The van der Waals surface area contributed by atoms with E-state index in [2.05, 4.69) is 26.6 Å². The minimum atomic E-state index is -0.112. The highest BCUT2D eigenvalue weighted by molar-refractivity contribution is 7.18. The first-order valence-corrected chi connectivity index (χ1v) is 10.3. The normalized spacial score (nSPS) is 12.2. The smallest absolute Gasteiger partial charge is 0.206 e. The van der Waals surface area contributed by atoms with Gasteiger partial charge in [0.25, 0.3) is 0 Å². The zero-order valence-electron chi connectivity index (χ0n) is 14.8. The van der Waals surface area contributed by atoms with E-state index in [0.29, 0.717) is 23.0 Å². The van der Waals surface area contributed by atoms with Crippen LogP contribution in [0.4, 0.5) is 5.13 Å². The highest BCUT2D eigenvalue weighted by atomic mass is 35.5. The minimum absolute atomic E-state index is 0.112. The van der Waals surface area contributed by atoms with E-state index in [1.807, 2.05) is 36.5 Å². The lowest BCUT2D eigenvalue weighted by atomic mass is 10.1. The number of halogens is 2. The lowest BCUT2D eigenvalue weighted by molar-refractivity contribution is 0.698. The maximum absolute atomic E-state index is 6.24. The second-order valence-electron chi connectivity index (χ2n) is 6.43. The average Bonchev–Trinajstić information content (AvgIpc) is 3.17. The van der Waals surface area contributed by atoms with Crippen molar-refractivity contribution in [1.29, 1.82) is 0 Å². The first-order chi connectivity index (χ1) is 13.6. The molecule has 0 radical (unpaired) electrons. The number of aromatic nitrogens is 3. The van der Waals surface area contributed by atoms with E-state index < -0.39 is 0 Å². The number of nitrogens with one attached hydrogen (secondary N) is 1. The van der Waals surface area contributed by atoms with E-state index in [1.54, 1.807) is 12.3 Å². The standard InChI is InChI=1S/C20H17Cl2N5S/c21-16-4-3-13(18(22)9-16)8-17(23)11-25-20-27-26-19(28-20)14-1-2-15-10-24-6-5-12(15)7-14/h1-7,9-10,17H,8,11,23H2,(H,25,27). The van der Waals surface area contributed by atoms with Crippen molar-refractivity contribution in [3.05, 3.63) is 70.5 Å². The van der Waals surface area contributed by atoms with E-state index in [-0.39, 0.29) is 6.04 Å². The molecule has 0 aliphatic carbocycles. The number of pyridine rings is 1. The van der Waals surface area contributed by atoms with Gasteiger partial charge in [-0.2, -0.15) is 0 Å². The Bertz CT molecular complexity index is 1110. The Balaban J connectivity index is 1.40. The first kappa shape index (κ1) is 19.1. The van der Waals surface area contributed by atoms with Gasteiger partial charge in [-0.15, -0.1) is 10.2 Å². The van der Waals surface area contributed by atoms with Gasteiger partial charge >= 0.3 is 0 Å². The predicted molar refractivity (Wildman–Crippen MR) is 117 cm³/mol. The summed E-state index contributed by atoms with van der Waals surface area (Å²) in [5.74, 6) is 0. The van der Waals surface area contributed by atoms with E-state index >= 15 is 0 Å². The van der Waals surface area contributed by atoms with Gasteiger partial charge in [-0.25, -0.2) is 0 Å². The van der Waals surface area contributed by atoms with Crippen LogP contribution in [0.15, 0.2) is 54.9 Å². The maximum Gasteiger partial charge on any atom is 0.206 e. The van der Waals surface area contributed by atoms with Crippen LogP contribution < -0.4 is 11.1 Å². The number of fused-ring (bicyclic) bond motifs is 1. The maximum atomic E-state index is 6.24. The highest BCUT2D eigenvalue weighted by Crippen LogP contribution is 2.29. The molecule has 3 N–H and O–H groups in total. The molecule has 2 aromatic carbocycles. The summed E-state index contributed by atoms with van der Waals surface area (Å²) < 4.78 is 0. The molecule has 0 aliphatic heterocycles. The molecule has 0 saturated heterocycles. The van der Waals surface area contributed by atoms with Gasteiger partial charge in [0, 0.05) is 46.0 Å². The number of nitrogens with zero attached hydrogens (tertiary/aromatic N) is 3. The number of hydrogen-bond donors (Lipinski definition) is 2. The molecule has 28 heavy (non-hydrogen) atoms. The van der Waals surface area contributed by atoms with Crippen molar-refractivity contribution in [3.63, 3.8) is 0 Å². The monoisotopic (exact) mass is 429 g/mol. The van der Waals surface area contributed by atoms with Crippen LogP contribution in [-0.4, -0.2) is 27.8 Å².